The summed E-state index contributed by atoms with van der Waals surface area (Å²) in [4.78, 5) is 0. The van der Waals surface area contributed by atoms with Gasteiger partial charge in [0, 0.05) is 10.8 Å². The highest BCUT2D eigenvalue weighted by atomic mass is 79.9. The van der Waals surface area contributed by atoms with Crippen LogP contribution in [0.3, 0.4) is 0 Å². The van der Waals surface area contributed by atoms with Crippen molar-refractivity contribution < 1.29 is 8.39 Å². The first-order valence-corrected chi connectivity index (χ1v) is 12.3. The van der Waals surface area contributed by atoms with E-state index >= 15 is 0 Å². The van der Waals surface area contributed by atoms with Crippen LogP contribution in [0.15, 0.2) is 78.0 Å². The number of rotatable bonds is 1. The summed E-state index contributed by atoms with van der Waals surface area (Å²) >= 11 is 7.56. The molecule has 0 unspecified atom stereocenters. The van der Waals surface area contributed by atoms with E-state index in [2.05, 4.69) is 105 Å². The number of benzene rings is 4. The highest BCUT2D eigenvalue weighted by Gasteiger charge is 2.26. The van der Waals surface area contributed by atoms with E-state index in [-0.39, 0.29) is 0 Å². The molecule has 2 nitrogen and oxygen atoms in total. The Morgan fingerprint density at radius 1 is 0.633 bits per heavy atom. The molecule has 5 aromatic rings. The zero-order chi connectivity index (χ0) is 20.2. The molecule has 0 bridgehead atoms. The second-order valence-electron chi connectivity index (χ2n) is 7.15. The van der Waals surface area contributed by atoms with Crippen LogP contribution in [0.5, 0.6) is 0 Å². The molecule has 0 N–H and O–H groups in total. The van der Waals surface area contributed by atoms with E-state index in [0.717, 1.165) is 58.1 Å². The first-order chi connectivity index (χ1) is 14.7. The lowest BCUT2D eigenvalue weighted by molar-refractivity contribution is 0.642. The minimum Gasteiger partial charge on any atom is -0.417 e. The average Bonchev–Trinajstić information content (AvgIpc) is 3.22. The van der Waals surface area contributed by atoms with Crippen LogP contribution < -0.4 is 0 Å². The maximum absolute atomic E-state index is 6.60. The van der Waals surface area contributed by atoms with Gasteiger partial charge in [0.1, 0.15) is 0 Å². The van der Waals surface area contributed by atoms with Crippen LogP contribution in [-0.2, 0) is 0 Å². The van der Waals surface area contributed by atoms with Gasteiger partial charge in [-0.15, -0.1) is 0 Å². The summed E-state index contributed by atoms with van der Waals surface area (Å²) in [5, 5.41) is 6.71. The van der Waals surface area contributed by atoms with Gasteiger partial charge < -0.3 is 8.39 Å². The fourth-order valence-corrected chi connectivity index (χ4v) is 6.72. The lowest BCUT2D eigenvalue weighted by Crippen LogP contribution is -1.82. The van der Waals surface area contributed by atoms with Crippen LogP contribution in [0.1, 0.15) is 0 Å². The minimum absolute atomic E-state index is 0.822. The Morgan fingerprint density at radius 3 is 1.60 bits per heavy atom. The summed E-state index contributed by atoms with van der Waals surface area (Å²) in [5.41, 5.74) is 2.69. The fourth-order valence-electron chi connectivity index (χ4n) is 4.04. The standard InChI is InChI=1S/C25H14Br2O2P/c26-20-13-15-7-1-5-11-18(15)22-23-19-12-6-2-8-16(19)14-21(27)25(23)29-30(28-24(20)22)17-9-3-4-10-17/h1-14H. The fraction of sp³-hybridized carbons (Fsp3) is 0. The van der Waals surface area contributed by atoms with Crippen molar-refractivity contribution in [3.05, 3.63) is 101 Å². The molecule has 1 aliphatic carbocycles. The van der Waals surface area contributed by atoms with Gasteiger partial charge in [0.2, 0.25) is 8.01 Å². The van der Waals surface area contributed by atoms with Crippen molar-refractivity contribution in [2.75, 3.05) is 0 Å². The van der Waals surface area contributed by atoms with Crippen LogP contribution in [0.25, 0.3) is 43.5 Å². The zero-order valence-corrected chi connectivity index (χ0v) is 19.7. The van der Waals surface area contributed by atoms with E-state index < -0.39 is 8.01 Å². The third-order valence-electron chi connectivity index (χ3n) is 5.37. The van der Waals surface area contributed by atoms with Gasteiger partial charge in [0.15, 0.2) is 11.2 Å². The predicted molar refractivity (Wildman–Crippen MR) is 133 cm³/mol. The molecule has 1 heterocycles. The molecule has 5 radical (unpaired) electrons. The van der Waals surface area contributed by atoms with E-state index in [0.29, 0.717) is 0 Å². The summed E-state index contributed by atoms with van der Waals surface area (Å²) < 4.78 is 15.1. The second kappa shape index (κ2) is 7.44. The van der Waals surface area contributed by atoms with Crippen molar-refractivity contribution >= 4 is 83.4 Å². The topological polar surface area (TPSA) is 26.3 Å². The monoisotopic (exact) mass is 535 g/mol. The molecule has 145 valence electrons. The Kier molecular flexibility index (Phi) is 4.71. The summed E-state index contributed by atoms with van der Waals surface area (Å²) in [6.07, 6.45) is 8.14. The molecule has 0 atom stereocenters. The van der Waals surface area contributed by atoms with Crippen molar-refractivity contribution in [3.63, 3.8) is 0 Å². The highest BCUT2D eigenvalue weighted by Crippen LogP contribution is 2.52. The first-order valence-electron chi connectivity index (χ1n) is 9.51. The van der Waals surface area contributed by atoms with Gasteiger partial charge >= 0.3 is 0 Å². The maximum atomic E-state index is 6.60. The summed E-state index contributed by atoms with van der Waals surface area (Å²) in [7, 11) is -1.33. The lowest BCUT2D eigenvalue weighted by atomic mass is 9.99. The number of hydrogen-bond acceptors (Lipinski definition) is 2. The predicted octanol–water partition coefficient (Wildman–Crippen LogP) is 9.33. The Bertz CT molecular complexity index is 1380. The molecule has 5 heteroatoms. The molecule has 0 aliphatic heterocycles. The normalized spacial score (nSPS) is 15.0. The number of halogens is 2. The van der Waals surface area contributed by atoms with E-state index in [1.165, 1.54) is 0 Å². The second-order valence-corrected chi connectivity index (χ2v) is 10.3. The van der Waals surface area contributed by atoms with Crippen molar-refractivity contribution in [3.8, 4) is 0 Å². The SMILES string of the molecule is Brc1cc2ccccc2c2c1op([C]1[CH][CH][CH][CH]1)oc1c(Br)cc3ccccc3c12. The smallest absolute Gasteiger partial charge is 0.225 e. The molecule has 0 amide bonds. The van der Waals surface area contributed by atoms with Crippen LogP contribution in [-0.4, -0.2) is 0 Å². The third-order valence-corrected chi connectivity index (χ3v) is 7.96. The van der Waals surface area contributed by atoms with Gasteiger partial charge in [0.05, 0.1) is 14.6 Å². The van der Waals surface area contributed by atoms with Crippen LogP contribution in [0.4, 0.5) is 0 Å². The Balaban J connectivity index is 1.95. The molecular formula is C25H14Br2O2P. The lowest BCUT2D eigenvalue weighted by Gasteiger charge is -2.07. The molecule has 0 saturated heterocycles. The molecular weight excluding hydrogens is 523 g/mol. The van der Waals surface area contributed by atoms with E-state index in [9.17, 15) is 0 Å². The minimum atomic E-state index is -1.33. The zero-order valence-electron chi connectivity index (χ0n) is 15.6. The molecule has 0 spiro atoms. The quantitative estimate of drug-likeness (QED) is 0.213. The molecule has 4 aromatic carbocycles. The molecule has 1 saturated carbocycles. The first kappa shape index (κ1) is 19.0. The van der Waals surface area contributed by atoms with Gasteiger partial charge in [0.25, 0.3) is 0 Å². The molecule has 30 heavy (non-hydrogen) atoms. The van der Waals surface area contributed by atoms with Crippen molar-refractivity contribution in [2.45, 2.75) is 0 Å². The van der Waals surface area contributed by atoms with Gasteiger partial charge in [-0.2, -0.15) is 0 Å². The molecule has 1 fully saturated rings. The summed E-state index contributed by atoms with van der Waals surface area (Å²) in [6.45, 7) is 0. The van der Waals surface area contributed by atoms with E-state index in [4.69, 9.17) is 8.39 Å². The van der Waals surface area contributed by atoms with Crippen LogP contribution >= 0.6 is 39.9 Å². The van der Waals surface area contributed by atoms with Gasteiger partial charge in [-0.1, -0.05) is 48.5 Å². The van der Waals surface area contributed by atoms with Crippen LogP contribution in [0.2, 0.25) is 0 Å². The molecule has 6 rings (SSSR count). The largest absolute Gasteiger partial charge is 0.417 e. The summed E-state index contributed by atoms with van der Waals surface area (Å²) in [5.74, 6) is 0. The summed E-state index contributed by atoms with van der Waals surface area (Å²) in [6, 6.07) is 21.1. The maximum Gasteiger partial charge on any atom is 0.225 e. The van der Waals surface area contributed by atoms with Gasteiger partial charge in [-0.05, 0) is 91.2 Å². The Morgan fingerprint density at radius 2 is 1.10 bits per heavy atom. The highest BCUT2D eigenvalue weighted by molar-refractivity contribution is 9.11. The number of fused-ring (bicyclic) bond motifs is 7. The molecule has 1 aliphatic rings. The average molecular weight is 537 g/mol. The Labute approximate surface area is 192 Å². The Hall–Kier alpha value is -1.74. The molecule has 1 aromatic heterocycles. The third kappa shape index (κ3) is 2.96. The van der Waals surface area contributed by atoms with Crippen molar-refractivity contribution in [2.24, 2.45) is 0 Å². The number of hydrogen-bond donors (Lipinski definition) is 0. The van der Waals surface area contributed by atoms with Crippen molar-refractivity contribution in [1.29, 1.82) is 0 Å². The van der Waals surface area contributed by atoms with Gasteiger partial charge in [-0.25, -0.2) is 0 Å². The van der Waals surface area contributed by atoms with Gasteiger partial charge in [-0.3, -0.25) is 0 Å². The van der Waals surface area contributed by atoms with Crippen LogP contribution in [0, 0.1) is 31.3 Å². The van der Waals surface area contributed by atoms with E-state index in [1.54, 1.807) is 0 Å². The van der Waals surface area contributed by atoms with Crippen molar-refractivity contribution in [1.82, 2.24) is 0 Å². The van der Waals surface area contributed by atoms with E-state index in [1.807, 2.05) is 12.8 Å².